The molecule has 0 bridgehead atoms. The molecule has 0 fully saturated rings. The molecule has 1 aromatic heterocycles. The van der Waals surface area contributed by atoms with Gasteiger partial charge in [0.15, 0.2) is 11.5 Å². The molecule has 30 heavy (non-hydrogen) atoms. The summed E-state index contributed by atoms with van der Waals surface area (Å²) in [4.78, 5) is 4.03. The summed E-state index contributed by atoms with van der Waals surface area (Å²) in [7, 11) is 0. The molecule has 0 saturated heterocycles. The molecule has 1 N–H and O–H groups in total. The largest absolute Gasteiger partial charge is 0.490 e. The molecular weight excluding hydrogens is 428 g/mol. The molecule has 0 aliphatic carbocycles. The van der Waals surface area contributed by atoms with Crippen LogP contribution < -0.4 is 14.8 Å². The summed E-state index contributed by atoms with van der Waals surface area (Å²) in [5, 5.41) is 4.30. The number of ether oxygens (including phenoxy) is 2. The molecule has 0 aliphatic heterocycles. The second kappa shape index (κ2) is 11.2. The molecule has 0 amide bonds. The van der Waals surface area contributed by atoms with E-state index in [-0.39, 0.29) is 12.4 Å². The number of benzene rings is 2. The molecule has 0 saturated carbocycles. The van der Waals surface area contributed by atoms with Gasteiger partial charge in [-0.15, -0.1) is 0 Å². The number of nitrogens with zero attached hydrogens (tertiary/aromatic N) is 2. The number of aromatic nitrogens is 2. The highest BCUT2D eigenvalue weighted by Gasteiger charge is 2.12. The molecule has 2 aromatic carbocycles. The van der Waals surface area contributed by atoms with E-state index in [4.69, 9.17) is 32.7 Å². The van der Waals surface area contributed by atoms with Crippen LogP contribution in [0.2, 0.25) is 10.0 Å². The van der Waals surface area contributed by atoms with Crippen molar-refractivity contribution in [2.24, 2.45) is 0 Å². The zero-order valence-corrected chi connectivity index (χ0v) is 18.2. The van der Waals surface area contributed by atoms with Crippen LogP contribution in [0.25, 0.3) is 0 Å². The maximum atomic E-state index is 13.2. The lowest BCUT2D eigenvalue weighted by atomic mass is 10.2. The van der Waals surface area contributed by atoms with Gasteiger partial charge in [-0.1, -0.05) is 29.3 Å². The Morgan fingerprint density at radius 1 is 1.07 bits per heavy atom. The number of aryl methyl sites for hydroxylation is 1. The lowest BCUT2D eigenvalue weighted by molar-refractivity contribution is 0.269. The van der Waals surface area contributed by atoms with Crippen LogP contribution >= 0.6 is 23.2 Å². The van der Waals surface area contributed by atoms with Gasteiger partial charge in [0.05, 0.1) is 18.0 Å². The van der Waals surface area contributed by atoms with Gasteiger partial charge in [-0.3, -0.25) is 0 Å². The van der Waals surface area contributed by atoms with Crippen LogP contribution in [0.1, 0.15) is 24.5 Å². The van der Waals surface area contributed by atoms with Gasteiger partial charge >= 0.3 is 0 Å². The SMILES string of the molecule is CCOc1cc(CNCCCn2ccnc2)c(Cl)cc1OCc1ccc(F)cc1Cl. The summed E-state index contributed by atoms with van der Waals surface area (Å²) in [6, 6.07) is 7.84. The van der Waals surface area contributed by atoms with E-state index in [1.165, 1.54) is 12.1 Å². The highest BCUT2D eigenvalue weighted by molar-refractivity contribution is 6.31. The summed E-state index contributed by atoms with van der Waals surface area (Å²) >= 11 is 12.5. The van der Waals surface area contributed by atoms with Crippen molar-refractivity contribution in [1.29, 1.82) is 0 Å². The first-order chi connectivity index (χ1) is 14.6. The van der Waals surface area contributed by atoms with E-state index in [9.17, 15) is 4.39 Å². The summed E-state index contributed by atoms with van der Waals surface area (Å²) in [6.07, 6.45) is 6.51. The molecule has 3 rings (SSSR count). The van der Waals surface area contributed by atoms with Crippen LogP contribution in [0, 0.1) is 5.82 Å². The predicted molar refractivity (Wildman–Crippen MR) is 117 cm³/mol. The normalized spacial score (nSPS) is 10.9. The number of rotatable bonds is 11. The fraction of sp³-hybridized carbons (Fsp3) is 0.318. The Labute approximate surface area is 185 Å². The standard InChI is InChI=1S/C22H24Cl2FN3O2/c1-2-29-21-10-17(13-26-6-3-8-28-9-7-27-15-28)20(24)12-22(21)30-14-16-4-5-18(25)11-19(16)23/h4-5,7,9-12,15,26H,2-3,6,8,13-14H2,1H3. The van der Waals surface area contributed by atoms with Crippen molar-refractivity contribution in [2.45, 2.75) is 33.0 Å². The Hall–Kier alpha value is -2.28. The molecule has 3 aromatic rings. The van der Waals surface area contributed by atoms with Crippen LogP contribution in [-0.4, -0.2) is 22.7 Å². The lowest BCUT2D eigenvalue weighted by Gasteiger charge is -2.16. The van der Waals surface area contributed by atoms with Crippen LogP contribution in [-0.2, 0) is 19.7 Å². The average molecular weight is 452 g/mol. The van der Waals surface area contributed by atoms with E-state index >= 15 is 0 Å². The van der Waals surface area contributed by atoms with E-state index < -0.39 is 0 Å². The second-order valence-corrected chi connectivity index (χ2v) is 7.49. The number of nitrogens with one attached hydrogen (secondary N) is 1. The van der Waals surface area contributed by atoms with Gasteiger partial charge in [0.2, 0.25) is 0 Å². The van der Waals surface area contributed by atoms with Crippen LogP contribution in [0.3, 0.4) is 0 Å². The number of hydrogen-bond donors (Lipinski definition) is 1. The van der Waals surface area contributed by atoms with Gasteiger partial charge in [0.1, 0.15) is 12.4 Å². The van der Waals surface area contributed by atoms with E-state index in [2.05, 4.69) is 10.3 Å². The van der Waals surface area contributed by atoms with Crippen LogP contribution in [0.15, 0.2) is 49.1 Å². The maximum Gasteiger partial charge on any atom is 0.163 e. The molecule has 0 radical (unpaired) electrons. The minimum absolute atomic E-state index is 0.182. The topological polar surface area (TPSA) is 48.3 Å². The third-order valence-electron chi connectivity index (χ3n) is 4.46. The van der Waals surface area contributed by atoms with Crippen molar-refractivity contribution in [1.82, 2.24) is 14.9 Å². The first-order valence-corrected chi connectivity index (χ1v) is 10.5. The second-order valence-electron chi connectivity index (χ2n) is 6.68. The monoisotopic (exact) mass is 451 g/mol. The minimum Gasteiger partial charge on any atom is -0.490 e. The molecule has 0 spiro atoms. The molecule has 1 heterocycles. The molecule has 5 nitrogen and oxygen atoms in total. The Balaban J connectivity index is 1.59. The molecule has 0 aliphatic rings. The van der Waals surface area contributed by atoms with Gasteiger partial charge in [0.25, 0.3) is 0 Å². The number of hydrogen-bond acceptors (Lipinski definition) is 4. The Morgan fingerprint density at radius 3 is 2.60 bits per heavy atom. The summed E-state index contributed by atoms with van der Waals surface area (Å²) in [5.41, 5.74) is 1.61. The Kier molecular flexibility index (Phi) is 8.37. The minimum atomic E-state index is -0.385. The first-order valence-electron chi connectivity index (χ1n) is 9.75. The third kappa shape index (κ3) is 6.36. The van der Waals surface area contributed by atoms with Gasteiger partial charge in [-0.25, -0.2) is 9.37 Å². The predicted octanol–water partition coefficient (Wildman–Crippen LogP) is 5.49. The first kappa shape index (κ1) is 22.4. The molecule has 8 heteroatoms. The third-order valence-corrected chi connectivity index (χ3v) is 5.16. The molecular formula is C22H24Cl2FN3O2. The van der Waals surface area contributed by atoms with Crippen LogP contribution in [0.5, 0.6) is 11.5 Å². The van der Waals surface area contributed by atoms with E-state index in [0.717, 1.165) is 25.1 Å². The quantitative estimate of drug-likeness (QED) is 0.391. The van der Waals surface area contributed by atoms with Gasteiger partial charge in [-0.2, -0.15) is 0 Å². The molecule has 0 atom stereocenters. The summed E-state index contributed by atoms with van der Waals surface area (Å²) in [5.74, 6) is 0.741. The summed E-state index contributed by atoms with van der Waals surface area (Å²) in [6.45, 7) is 4.95. The van der Waals surface area contributed by atoms with Crippen molar-refractivity contribution in [3.05, 3.63) is 76.0 Å². The number of halogens is 3. The van der Waals surface area contributed by atoms with Crippen molar-refractivity contribution in [3.8, 4) is 11.5 Å². The van der Waals surface area contributed by atoms with Gasteiger partial charge in [0, 0.05) is 42.1 Å². The van der Waals surface area contributed by atoms with Crippen LogP contribution in [0.4, 0.5) is 4.39 Å². The lowest BCUT2D eigenvalue weighted by Crippen LogP contribution is -2.16. The van der Waals surface area contributed by atoms with Crippen molar-refractivity contribution < 1.29 is 13.9 Å². The zero-order chi connectivity index (χ0) is 21.3. The van der Waals surface area contributed by atoms with Gasteiger partial charge < -0.3 is 19.4 Å². The fourth-order valence-corrected chi connectivity index (χ4v) is 3.36. The highest BCUT2D eigenvalue weighted by atomic mass is 35.5. The molecule has 0 unspecified atom stereocenters. The average Bonchev–Trinajstić information content (AvgIpc) is 3.23. The van der Waals surface area contributed by atoms with Crippen molar-refractivity contribution in [3.63, 3.8) is 0 Å². The fourth-order valence-electron chi connectivity index (χ4n) is 2.92. The van der Waals surface area contributed by atoms with Crippen molar-refractivity contribution >= 4 is 23.2 Å². The van der Waals surface area contributed by atoms with Crippen molar-refractivity contribution in [2.75, 3.05) is 13.2 Å². The highest BCUT2D eigenvalue weighted by Crippen LogP contribution is 2.34. The van der Waals surface area contributed by atoms with E-state index in [0.29, 0.717) is 40.3 Å². The van der Waals surface area contributed by atoms with E-state index in [1.807, 2.05) is 30.1 Å². The maximum absolute atomic E-state index is 13.2. The smallest absolute Gasteiger partial charge is 0.163 e. The molecule has 160 valence electrons. The van der Waals surface area contributed by atoms with Gasteiger partial charge in [-0.05, 0) is 43.7 Å². The van der Waals surface area contributed by atoms with E-state index in [1.54, 1.807) is 18.3 Å². The zero-order valence-electron chi connectivity index (χ0n) is 16.7. The summed E-state index contributed by atoms with van der Waals surface area (Å²) < 4.78 is 26.9. The number of imidazole rings is 1. The Bertz CT molecular complexity index is 952. The Morgan fingerprint density at radius 2 is 1.87 bits per heavy atom.